The molecule has 0 amide bonds. The lowest BCUT2D eigenvalue weighted by molar-refractivity contribution is 0.145. The summed E-state index contributed by atoms with van der Waals surface area (Å²) in [6, 6.07) is 14.8. The van der Waals surface area contributed by atoms with E-state index in [1.807, 2.05) is 19.3 Å². The Kier molecular flexibility index (Phi) is 11.2. The molecule has 1 aromatic heterocycles. The van der Waals surface area contributed by atoms with Crippen LogP contribution < -0.4 is 15.4 Å². The molecule has 0 saturated carbocycles. The average molecular weight is 563 g/mol. The van der Waals surface area contributed by atoms with Crippen LogP contribution in [0.15, 0.2) is 59.9 Å². The number of rotatable bonds is 10. The zero-order valence-corrected chi connectivity index (χ0v) is 22.1. The van der Waals surface area contributed by atoms with Crippen LogP contribution in [-0.4, -0.2) is 42.9 Å². The number of aryl methyl sites for hydroxylation is 2. The summed E-state index contributed by atoms with van der Waals surface area (Å²) in [5.74, 6) is 2.62. The van der Waals surface area contributed by atoms with Gasteiger partial charge in [0.15, 0.2) is 5.96 Å². The molecule has 0 aliphatic heterocycles. The Labute approximate surface area is 213 Å². The summed E-state index contributed by atoms with van der Waals surface area (Å²) in [6.07, 6.45) is 3.84. The molecule has 0 atom stereocenters. The van der Waals surface area contributed by atoms with Crippen LogP contribution in [0, 0.1) is 13.8 Å². The van der Waals surface area contributed by atoms with Crippen molar-refractivity contribution in [3.63, 3.8) is 0 Å². The number of guanidine groups is 1. The van der Waals surface area contributed by atoms with Crippen molar-refractivity contribution in [2.45, 2.75) is 33.5 Å². The lowest BCUT2D eigenvalue weighted by Crippen LogP contribution is -2.36. The first-order chi connectivity index (χ1) is 15.6. The van der Waals surface area contributed by atoms with Crippen molar-refractivity contribution in [1.29, 1.82) is 0 Å². The summed E-state index contributed by atoms with van der Waals surface area (Å²) in [4.78, 5) is 8.65. The zero-order valence-electron chi connectivity index (χ0n) is 19.8. The minimum atomic E-state index is 0. The van der Waals surface area contributed by atoms with Gasteiger partial charge in [0.25, 0.3) is 0 Å². The van der Waals surface area contributed by atoms with Crippen molar-refractivity contribution in [3.05, 3.63) is 82.9 Å². The molecule has 0 spiro atoms. The van der Waals surface area contributed by atoms with Gasteiger partial charge in [-0.3, -0.25) is 4.99 Å². The van der Waals surface area contributed by atoms with Crippen LogP contribution in [-0.2, 0) is 24.4 Å². The molecule has 1 heterocycles. The molecule has 0 aliphatic rings. The molecule has 33 heavy (non-hydrogen) atoms. The number of methoxy groups -OCH3 is 1. The Morgan fingerprint density at radius 3 is 2.55 bits per heavy atom. The summed E-state index contributed by atoms with van der Waals surface area (Å²) in [6.45, 7) is 7.26. The average Bonchev–Trinajstić information content (AvgIpc) is 3.19. The first-order valence-electron chi connectivity index (χ1n) is 10.8. The van der Waals surface area contributed by atoms with E-state index in [1.54, 1.807) is 14.2 Å². The van der Waals surface area contributed by atoms with Crippen LogP contribution in [0.25, 0.3) is 0 Å². The van der Waals surface area contributed by atoms with Gasteiger partial charge in [-0.2, -0.15) is 0 Å². The molecule has 0 unspecified atom stereocenters. The third kappa shape index (κ3) is 8.36. The maximum absolute atomic E-state index is 5.89. The molecule has 2 N–H and O–H groups in total. The summed E-state index contributed by atoms with van der Waals surface area (Å²) in [5.41, 5.74) is 4.68. The van der Waals surface area contributed by atoms with Crippen molar-refractivity contribution in [1.82, 2.24) is 20.2 Å². The van der Waals surface area contributed by atoms with Crippen LogP contribution in [0.4, 0.5) is 0 Å². The number of imidazole rings is 1. The van der Waals surface area contributed by atoms with Gasteiger partial charge >= 0.3 is 0 Å². The van der Waals surface area contributed by atoms with E-state index in [-0.39, 0.29) is 24.0 Å². The lowest BCUT2D eigenvalue weighted by Gasteiger charge is -2.16. The third-order valence-corrected chi connectivity index (χ3v) is 5.17. The molecule has 0 fully saturated rings. The van der Waals surface area contributed by atoms with Gasteiger partial charge in [-0.1, -0.05) is 36.4 Å². The fraction of sp³-hybridized carbons (Fsp3) is 0.360. The fourth-order valence-electron chi connectivity index (χ4n) is 3.37. The summed E-state index contributed by atoms with van der Waals surface area (Å²) in [7, 11) is 3.45. The maximum atomic E-state index is 5.89. The number of aliphatic imine (C=N–C) groups is 1. The number of aromatic nitrogens is 2. The molecule has 3 aromatic rings. The van der Waals surface area contributed by atoms with Gasteiger partial charge < -0.3 is 24.7 Å². The number of benzene rings is 2. The monoisotopic (exact) mass is 563 g/mol. The number of hydrogen-bond acceptors (Lipinski definition) is 4. The lowest BCUT2D eigenvalue weighted by atomic mass is 10.1. The number of nitrogens with one attached hydrogen (secondary N) is 2. The fourth-order valence-corrected chi connectivity index (χ4v) is 3.37. The molecule has 2 aromatic carbocycles. The van der Waals surface area contributed by atoms with E-state index in [9.17, 15) is 0 Å². The van der Waals surface area contributed by atoms with Crippen molar-refractivity contribution >= 4 is 29.9 Å². The number of nitrogens with zero attached hydrogens (tertiary/aromatic N) is 3. The largest absolute Gasteiger partial charge is 0.491 e. The molecule has 0 bridgehead atoms. The van der Waals surface area contributed by atoms with Gasteiger partial charge in [0, 0.05) is 51.7 Å². The Morgan fingerprint density at radius 2 is 1.82 bits per heavy atom. The summed E-state index contributed by atoms with van der Waals surface area (Å²) >= 11 is 0. The van der Waals surface area contributed by atoms with E-state index < -0.39 is 0 Å². The van der Waals surface area contributed by atoms with Crippen LogP contribution in [0.1, 0.15) is 28.1 Å². The Morgan fingerprint density at radius 1 is 1.03 bits per heavy atom. The standard InChI is InChI=1S/C25H33N5O2.HI/c1-19-8-9-23(24(14-19)32-13-12-31-4)17-29-25(26-3)28-16-21-6-5-7-22(15-21)18-30-11-10-27-20(30)2;/h5-11,14-15H,12-13,16-18H2,1-4H3,(H2,26,28,29);1H. The minimum absolute atomic E-state index is 0. The predicted molar refractivity (Wildman–Crippen MR) is 144 cm³/mol. The molecule has 8 heteroatoms. The second-order valence-electron chi connectivity index (χ2n) is 7.65. The summed E-state index contributed by atoms with van der Waals surface area (Å²) in [5, 5.41) is 6.78. The first kappa shape index (κ1) is 26.7. The molecule has 0 radical (unpaired) electrons. The molecule has 0 aliphatic carbocycles. The van der Waals surface area contributed by atoms with Crippen LogP contribution in [0.5, 0.6) is 5.75 Å². The van der Waals surface area contributed by atoms with E-state index in [2.05, 4.69) is 74.6 Å². The molecule has 7 nitrogen and oxygen atoms in total. The molecule has 0 saturated heterocycles. The van der Waals surface area contributed by atoms with E-state index in [0.29, 0.717) is 26.3 Å². The highest BCUT2D eigenvalue weighted by molar-refractivity contribution is 14.0. The van der Waals surface area contributed by atoms with Gasteiger partial charge in [0.1, 0.15) is 18.2 Å². The molecule has 3 rings (SSSR count). The maximum Gasteiger partial charge on any atom is 0.191 e. The van der Waals surface area contributed by atoms with Gasteiger partial charge in [-0.05, 0) is 36.6 Å². The Hall–Kier alpha value is -2.59. The van der Waals surface area contributed by atoms with Crippen LogP contribution in [0.3, 0.4) is 0 Å². The van der Waals surface area contributed by atoms with Gasteiger partial charge in [-0.25, -0.2) is 4.98 Å². The van der Waals surface area contributed by atoms with Crippen LogP contribution in [0.2, 0.25) is 0 Å². The van der Waals surface area contributed by atoms with Crippen molar-refractivity contribution < 1.29 is 9.47 Å². The second kappa shape index (κ2) is 13.8. The highest BCUT2D eigenvalue weighted by atomic mass is 127. The van der Waals surface area contributed by atoms with Gasteiger partial charge in [0.2, 0.25) is 0 Å². The Balaban J connectivity index is 0.00000385. The molecule has 178 valence electrons. The van der Waals surface area contributed by atoms with Crippen molar-refractivity contribution in [2.75, 3.05) is 27.4 Å². The smallest absolute Gasteiger partial charge is 0.191 e. The minimum Gasteiger partial charge on any atom is -0.491 e. The van der Waals surface area contributed by atoms with E-state index in [1.165, 1.54) is 11.1 Å². The zero-order chi connectivity index (χ0) is 22.8. The SMILES string of the molecule is CN=C(NCc1cccc(Cn2ccnc2C)c1)NCc1ccc(C)cc1OCCOC.I. The molecular weight excluding hydrogens is 529 g/mol. The topological polar surface area (TPSA) is 72.7 Å². The normalized spacial score (nSPS) is 11.1. The van der Waals surface area contributed by atoms with E-state index in [0.717, 1.165) is 35.2 Å². The summed E-state index contributed by atoms with van der Waals surface area (Å²) < 4.78 is 13.1. The van der Waals surface area contributed by atoms with Crippen molar-refractivity contribution in [2.24, 2.45) is 4.99 Å². The van der Waals surface area contributed by atoms with Gasteiger partial charge in [0.05, 0.1) is 6.61 Å². The first-order valence-corrected chi connectivity index (χ1v) is 10.8. The molecular formula is C25H34IN5O2. The highest BCUT2D eigenvalue weighted by Gasteiger charge is 2.07. The highest BCUT2D eigenvalue weighted by Crippen LogP contribution is 2.20. The van der Waals surface area contributed by atoms with Crippen LogP contribution >= 0.6 is 24.0 Å². The second-order valence-corrected chi connectivity index (χ2v) is 7.65. The third-order valence-electron chi connectivity index (χ3n) is 5.17. The van der Waals surface area contributed by atoms with E-state index >= 15 is 0 Å². The van der Waals surface area contributed by atoms with Gasteiger partial charge in [-0.15, -0.1) is 24.0 Å². The Bertz CT molecular complexity index is 1040. The van der Waals surface area contributed by atoms with E-state index in [4.69, 9.17) is 9.47 Å². The predicted octanol–water partition coefficient (Wildman–Crippen LogP) is 4.06. The number of hydrogen-bond donors (Lipinski definition) is 2. The quantitative estimate of drug-likeness (QED) is 0.169. The number of ether oxygens (including phenoxy) is 2. The number of halogens is 1. The van der Waals surface area contributed by atoms with Crippen molar-refractivity contribution in [3.8, 4) is 5.75 Å².